The second-order valence-electron chi connectivity index (χ2n) is 7.46. The minimum absolute atomic E-state index is 0.00816. The highest BCUT2D eigenvalue weighted by molar-refractivity contribution is 6.02. The Morgan fingerprint density at radius 3 is 2.32 bits per heavy atom. The van der Waals surface area contributed by atoms with Crippen molar-refractivity contribution in [3.05, 3.63) is 53.6 Å². The summed E-state index contributed by atoms with van der Waals surface area (Å²) in [5.74, 6) is -0.356. The van der Waals surface area contributed by atoms with Crippen LogP contribution in [0.3, 0.4) is 0 Å². The van der Waals surface area contributed by atoms with Gasteiger partial charge in [-0.3, -0.25) is 9.59 Å². The number of benzene rings is 2. The second kappa shape index (κ2) is 8.91. The zero-order valence-corrected chi connectivity index (χ0v) is 17.0. The molecule has 2 amide bonds. The van der Waals surface area contributed by atoms with Gasteiger partial charge in [-0.15, -0.1) is 0 Å². The van der Waals surface area contributed by atoms with E-state index in [9.17, 15) is 9.59 Å². The van der Waals surface area contributed by atoms with Crippen molar-refractivity contribution < 1.29 is 9.59 Å². The molecule has 0 aromatic heterocycles. The molecule has 0 unspecified atom stereocenters. The monoisotopic (exact) mass is 379 g/mol. The van der Waals surface area contributed by atoms with Crippen molar-refractivity contribution in [1.29, 1.82) is 0 Å². The normalized spacial score (nSPS) is 13.9. The number of anilines is 3. The van der Waals surface area contributed by atoms with E-state index in [0.717, 1.165) is 35.6 Å². The van der Waals surface area contributed by atoms with Crippen molar-refractivity contribution in [2.24, 2.45) is 0 Å². The van der Waals surface area contributed by atoms with Gasteiger partial charge in [0.05, 0.1) is 0 Å². The zero-order chi connectivity index (χ0) is 20.1. The summed E-state index contributed by atoms with van der Waals surface area (Å²) in [4.78, 5) is 28.6. The number of carbonyl (C=O) groups is 2. The third-order valence-electron chi connectivity index (χ3n) is 5.44. The average Bonchev–Trinajstić information content (AvgIpc) is 2.70. The molecule has 0 atom stereocenters. The fraction of sp³-hybridized carbons (Fsp3) is 0.391. The number of nitrogens with zero attached hydrogens (tertiary/aromatic N) is 2. The first-order valence-electron chi connectivity index (χ1n) is 9.95. The molecule has 1 aliphatic rings. The molecule has 1 aliphatic heterocycles. The molecule has 5 heteroatoms. The van der Waals surface area contributed by atoms with Gasteiger partial charge in [0.2, 0.25) is 11.8 Å². The number of nitrogens with one attached hydrogen (secondary N) is 1. The van der Waals surface area contributed by atoms with E-state index in [2.05, 4.69) is 10.2 Å². The van der Waals surface area contributed by atoms with Crippen LogP contribution in [0, 0.1) is 13.8 Å². The van der Waals surface area contributed by atoms with Crippen LogP contribution in [0.5, 0.6) is 0 Å². The first-order valence-corrected chi connectivity index (χ1v) is 9.95. The Bertz CT molecular complexity index is 839. The van der Waals surface area contributed by atoms with Crippen molar-refractivity contribution in [1.82, 2.24) is 0 Å². The predicted octanol–water partition coefficient (Wildman–Crippen LogP) is 4.29. The summed E-state index contributed by atoms with van der Waals surface area (Å²) in [7, 11) is 0. The first kappa shape index (κ1) is 19.9. The van der Waals surface area contributed by atoms with Gasteiger partial charge in [-0.25, -0.2) is 0 Å². The fourth-order valence-corrected chi connectivity index (χ4v) is 3.60. The van der Waals surface area contributed by atoms with E-state index in [1.807, 2.05) is 56.3 Å². The van der Waals surface area contributed by atoms with Gasteiger partial charge in [0.15, 0.2) is 0 Å². The maximum absolute atomic E-state index is 12.6. The summed E-state index contributed by atoms with van der Waals surface area (Å²) in [6.45, 7) is 7.63. The van der Waals surface area contributed by atoms with Gasteiger partial charge >= 0.3 is 0 Å². The Kier molecular flexibility index (Phi) is 6.34. The molecule has 2 aromatic rings. The SMILES string of the molecule is CC(=O)N(CC(=O)Nc1cccc(C)c1C)c1ccc(N2CCCCC2)cc1. The summed E-state index contributed by atoms with van der Waals surface area (Å²) in [6, 6.07) is 13.7. The van der Waals surface area contributed by atoms with Crippen LogP contribution < -0.4 is 15.1 Å². The Morgan fingerprint density at radius 2 is 1.68 bits per heavy atom. The van der Waals surface area contributed by atoms with Crippen LogP contribution in [0.25, 0.3) is 0 Å². The van der Waals surface area contributed by atoms with Gasteiger partial charge in [-0.1, -0.05) is 12.1 Å². The van der Waals surface area contributed by atoms with Crippen LogP contribution in [0.4, 0.5) is 17.1 Å². The van der Waals surface area contributed by atoms with Gasteiger partial charge in [-0.05, 0) is 74.6 Å². The van der Waals surface area contributed by atoms with Gasteiger partial charge < -0.3 is 15.1 Å². The third-order valence-corrected chi connectivity index (χ3v) is 5.44. The van der Waals surface area contributed by atoms with E-state index in [1.165, 1.54) is 36.8 Å². The van der Waals surface area contributed by atoms with E-state index in [4.69, 9.17) is 0 Å². The molecule has 1 heterocycles. The smallest absolute Gasteiger partial charge is 0.244 e. The highest BCUT2D eigenvalue weighted by atomic mass is 16.2. The highest BCUT2D eigenvalue weighted by Crippen LogP contribution is 2.24. The van der Waals surface area contributed by atoms with Crippen molar-refractivity contribution in [2.75, 3.05) is 34.8 Å². The number of rotatable bonds is 5. The highest BCUT2D eigenvalue weighted by Gasteiger charge is 2.18. The van der Waals surface area contributed by atoms with Crippen molar-refractivity contribution in [2.45, 2.75) is 40.0 Å². The van der Waals surface area contributed by atoms with Gasteiger partial charge in [0.25, 0.3) is 0 Å². The van der Waals surface area contributed by atoms with E-state index >= 15 is 0 Å². The van der Waals surface area contributed by atoms with Crippen molar-refractivity contribution in [3.63, 3.8) is 0 Å². The van der Waals surface area contributed by atoms with Crippen LogP contribution >= 0.6 is 0 Å². The number of hydrogen-bond acceptors (Lipinski definition) is 3. The van der Waals surface area contributed by atoms with Crippen LogP contribution in [-0.2, 0) is 9.59 Å². The van der Waals surface area contributed by atoms with Crippen LogP contribution in [0.15, 0.2) is 42.5 Å². The lowest BCUT2D eigenvalue weighted by Gasteiger charge is -2.29. The summed E-state index contributed by atoms with van der Waals surface area (Å²) >= 11 is 0. The molecule has 5 nitrogen and oxygen atoms in total. The van der Waals surface area contributed by atoms with Crippen molar-refractivity contribution >= 4 is 28.9 Å². The van der Waals surface area contributed by atoms with Crippen LogP contribution in [0.1, 0.15) is 37.3 Å². The molecule has 1 N–H and O–H groups in total. The van der Waals surface area contributed by atoms with E-state index in [0.29, 0.717) is 0 Å². The standard InChI is InChI=1S/C23H29N3O2/c1-17-8-7-9-22(18(17)2)24-23(28)16-26(19(3)27)21-12-10-20(11-13-21)25-14-5-4-6-15-25/h7-13H,4-6,14-16H2,1-3H3,(H,24,28). The number of piperidine rings is 1. The molecular weight excluding hydrogens is 350 g/mol. The lowest BCUT2D eigenvalue weighted by molar-refractivity contribution is -0.120. The van der Waals surface area contributed by atoms with Crippen LogP contribution in [0.2, 0.25) is 0 Å². The molecule has 0 bridgehead atoms. The van der Waals surface area contributed by atoms with Gasteiger partial charge in [0, 0.05) is 37.1 Å². The Morgan fingerprint density at radius 1 is 1.00 bits per heavy atom. The van der Waals surface area contributed by atoms with Gasteiger partial charge in [0.1, 0.15) is 6.54 Å². The minimum Gasteiger partial charge on any atom is -0.372 e. The molecule has 28 heavy (non-hydrogen) atoms. The molecule has 0 spiro atoms. The van der Waals surface area contributed by atoms with E-state index < -0.39 is 0 Å². The molecule has 1 fully saturated rings. The molecule has 148 valence electrons. The molecule has 1 saturated heterocycles. The van der Waals surface area contributed by atoms with Gasteiger partial charge in [-0.2, -0.15) is 0 Å². The topological polar surface area (TPSA) is 52.7 Å². The maximum Gasteiger partial charge on any atom is 0.244 e. The number of carbonyl (C=O) groups excluding carboxylic acids is 2. The largest absolute Gasteiger partial charge is 0.372 e. The average molecular weight is 380 g/mol. The fourth-order valence-electron chi connectivity index (χ4n) is 3.60. The second-order valence-corrected chi connectivity index (χ2v) is 7.46. The number of amides is 2. The Hall–Kier alpha value is -2.82. The molecule has 2 aromatic carbocycles. The third kappa shape index (κ3) is 4.71. The van der Waals surface area contributed by atoms with Crippen molar-refractivity contribution in [3.8, 4) is 0 Å². The zero-order valence-electron chi connectivity index (χ0n) is 17.0. The minimum atomic E-state index is -0.205. The lowest BCUT2D eigenvalue weighted by Crippen LogP contribution is -2.36. The Labute approximate surface area is 167 Å². The maximum atomic E-state index is 12.6. The molecule has 0 saturated carbocycles. The first-order chi connectivity index (χ1) is 13.5. The van der Waals surface area contributed by atoms with Crippen LogP contribution in [-0.4, -0.2) is 31.4 Å². The van der Waals surface area contributed by atoms with E-state index in [1.54, 1.807) is 0 Å². The summed E-state index contributed by atoms with van der Waals surface area (Å²) in [6.07, 6.45) is 3.74. The number of aryl methyl sites for hydroxylation is 1. The lowest BCUT2D eigenvalue weighted by atomic mass is 10.1. The molecule has 0 radical (unpaired) electrons. The summed E-state index contributed by atoms with van der Waals surface area (Å²) in [5, 5.41) is 2.93. The molecule has 0 aliphatic carbocycles. The predicted molar refractivity (Wildman–Crippen MR) is 115 cm³/mol. The molecule has 3 rings (SSSR count). The quantitative estimate of drug-likeness (QED) is 0.843. The summed E-state index contributed by atoms with van der Waals surface area (Å²) < 4.78 is 0. The Balaban J connectivity index is 1.69. The van der Waals surface area contributed by atoms with E-state index in [-0.39, 0.29) is 18.4 Å². The molecular formula is C23H29N3O2. The number of hydrogen-bond donors (Lipinski definition) is 1. The summed E-state index contributed by atoms with van der Waals surface area (Å²) in [5.41, 5.74) is 4.86.